The fraction of sp³-hybridized carbons (Fsp3) is 0.308. The molecule has 1 N–H and O–H groups in total. The van der Waals surface area contributed by atoms with E-state index in [4.69, 9.17) is 14.6 Å². The first-order valence-corrected chi connectivity index (χ1v) is 5.46. The summed E-state index contributed by atoms with van der Waals surface area (Å²) in [4.78, 5) is 4.26. The largest absolute Gasteiger partial charge is 0.475 e. The average Bonchev–Trinajstić information content (AvgIpc) is 2.38. The van der Waals surface area contributed by atoms with E-state index in [9.17, 15) is 0 Å². The van der Waals surface area contributed by atoms with Gasteiger partial charge >= 0.3 is 0 Å². The number of fused-ring (bicyclic) bond motifs is 1. The highest BCUT2D eigenvalue weighted by Crippen LogP contribution is 2.24. The van der Waals surface area contributed by atoms with Crippen LogP contribution in [-0.4, -0.2) is 30.4 Å². The van der Waals surface area contributed by atoms with Crippen molar-refractivity contribution in [1.82, 2.24) is 4.98 Å². The Bertz CT molecular complexity index is 499. The number of benzene rings is 1. The molecule has 0 aliphatic rings. The van der Waals surface area contributed by atoms with Crippen molar-refractivity contribution in [2.24, 2.45) is 0 Å². The van der Waals surface area contributed by atoms with Crippen LogP contribution in [0.4, 0.5) is 0 Å². The Kier molecular flexibility index (Phi) is 3.90. The molecule has 0 saturated heterocycles. The van der Waals surface area contributed by atoms with Crippen molar-refractivity contribution in [1.29, 1.82) is 0 Å². The second kappa shape index (κ2) is 5.61. The van der Waals surface area contributed by atoms with E-state index in [0.717, 1.165) is 10.8 Å². The molecule has 1 heterocycles. The molecule has 1 aromatic carbocycles. The second-order valence-electron chi connectivity index (χ2n) is 3.64. The topological polar surface area (TPSA) is 51.6 Å². The van der Waals surface area contributed by atoms with E-state index < -0.39 is 0 Å². The minimum Gasteiger partial charge on any atom is -0.475 e. The molecule has 0 atom stereocenters. The summed E-state index contributed by atoms with van der Waals surface area (Å²) in [6.45, 7) is 0.868. The molecule has 0 saturated carbocycles. The van der Waals surface area contributed by atoms with Gasteiger partial charge in [-0.25, -0.2) is 4.98 Å². The minimum absolute atomic E-state index is 0.0918. The van der Waals surface area contributed by atoms with Crippen LogP contribution in [0.5, 0.6) is 5.88 Å². The Hall–Kier alpha value is -1.65. The molecular weight excluding hydrogens is 218 g/mol. The zero-order valence-corrected chi connectivity index (χ0v) is 9.72. The van der Waals surface area contributed by atoms with Crippen molar-refractivity contribution in [3.63, 3.8) is 0 Å². The molecule has 2 rings (SSSR count). The maximum absolute atomic E-state index is 9.15. The van der Waals surface area contributed by atoms with Crippen LogP contribution >= 0.6 is 0 Å². The van der Waals surface area contributed by atoms with Crippen molar-refractivity contribution < 1.29 is 14.6 Å². The van der Waals surface area contributed by atoms with Gasteiger partial charge in [0.05, 0.1) is 18.9 Å². The first-order valence-electron chi connectivity index (χ1n) is 5.46. The lowest BCUT2D eigenvalue weighted by Crippen LogP contribution is -2.06. The zero-order valence-electron chi connectivity index (χ0n) is 9.72. The van der Waals surface area contributed by atoms with Crippen molar-refractivity contribution in [2.75, 3.05) is 20.3 Å². The van der Waals surface area contributed by atoms with Crippen LogP contribution in [0, 0.1) is 0 Å². The molecule has 0 amide bonds. The van der Waals surface area contributed by atoms with Gasteiger partial charge in [0.1, 0.15) is 6.61 Å². The number of hydrogen-bond donors (Lipinski definition) is 1. The van der Waals surface area contributed by atoms with Crippen LogP contribution in [0.15, 0.2) is 30.3 Å². The maximum Gasteiger partial charge on any atom is 0.221 e. The summed E-state index contributed by atoms with van der Waals surface area (Å²) >= 11 is 0. The van der Waals surface area contributed by atoms with Crippen molar-refractivity contribution in [3.8, 4) is 5.88 Å². The number of pyridine rings is 1. The summed E-state index contributed by atoms with van der Waals surface area (Å²) < 4.78 is 10.5. The van der Waals surface area contributed by atoms with E-state index in [1.807, 2.05) is 30.3 Å². The Balaban J connectivity index is 2.36. The standard InChI is InChI=1S/C13H15NO3/c1-16-6-7-17-13-12-5-3-2-4-10(12)8-11(9-15)14-13/h2-5,8,15H,6-7,9H2,1H3. The molecule has 0 radical (unpaired) electrons. The predicted molar refractivity (Wildman–Crippen MR) is 65.0 cm³/mol. The SMILES string of the molecule is COCCOc1nc(CO)cc2ccccc12. The molecule has 90 valence electrons. The van der Waals surface area contributed by atoms with Crippen LogP contribution in [0.25, 0.3) is 10.8 Å². The van der Waals surface area contributed by atoms with E-state index in [1.54, 1.807) is 7.11 Å². The van der Waals surface area contributed by atoms with Crippen LogP contribution in [-0.2, 0) is 11.3 Å². The highest BCUT2D eigenvalue weighted by Gasteiger charge is 2.06. The molecule has 4 nitrogen and oxygen atoms in total. The van der Waals surface area contributed by atoms with Gasteiger partial charge in [0, 0.05) is 12.5 Å². The number of ether oxygens (including phenoxy) is 2. The quantitative estimate of drug-likeness (QED) is 0.799. The van der Waals surface area contributed by atoms with E-state index in [0.29, 0.717) is 24.8 Å². The van der Waals surface area contributed by atoms with Crippen LogP contribution < -0.4 is 4.74 Å². The molecule has 1 aromatic heterocycles. The van der Waals surface area contributed by atoms with Crippen molar-refractivity contribution in [2.45, 2.75) is 6.61 Å². The van der Waals surface area contributed by atoms with Crippen molar-refractivity contribution >= 4 is 10.8 Å². The molecule has 0 unspecified atom stereocenters. The maximum atomic E-state index is 9.15. The summed E-state index contributed by atoms with van der Waals surface area (Å²) in [6, 6.07) is 9.66. The number of aliphatic hydroxyl groups excluding tert-OH is 1. The summed E-state index contributed by atoms with van der Waals surface area (Å²) in [6.07, 6.45) is 0. The highest BCUT2D eigenvalue weighted by molar-refractivity contribution is 5.87. The first-order chi connectivity index (χ1) is 8.35. The predicted octanol–water partition coefficient (Wildman–Crippen LogP) is 1.75. The minimum atomic E-state index is -0.0918. The number of hydrogen-bond acceptors (Lipinski definition) is 4. The highest BCUT2D eigenvalue weighted by atomic mass is 16.5. The van der Waals surface area contributed by atoms with Gasteiger partial charge in [-0.3, -0.25) is 0 Å². The molecular formula is C13H15NO3. The number of methoxy groups -OCH3 is 1. The van der Waals surface area contributed by atoms with Gasteiger partial charge in [-0.15, -0.1) is 0 Å². The Morgan fingerprint density at radius 1 is 1.24 bits per heavy atom. The Morgan fingerprint density at radius 2 is 2.06 bits per heavy atom. The smallest absolute Gasteiger partial charge is 0.221 e. The van der Waals surface area contributed by atoms with E-state index in [2.05, 4.69) is 4.98 Å². The first kappa shape index (κ1) is 11.8. The molecule has 0 bridgehead atoms. The zero-order chi connectivity index (χ0) is 12.1. The Labute approximate surface area is 99.8 Å². The average molecular weight is 233 g/mol. The summed E-state index contributed by atoms with van der Waals surface area (Å²) in [5.41, 5.74) is 0.608. The van der Waals surface area contributed by atoms with Gasteiger partial charge in [0.2, 0.25) is 5.88 Å². The van der Waals surface area contributed by atoms with E-state index >= 15 is 0 Å². The van der Waals surface area contributed by atoms with E-state index in [1.165, 1.54) is 0 Å². The Morgan fingerprint density at radius 3 is 2.82 bits per heavy atom. The number of nitrogens with zero attached hydrogens (tertiary/aromatic N) is 1. The van der Waals surface area contributed by atoms with Gasteiger partial charge in [0.25, 0.3) is 0 Å². The fourth-order valence-electron chi connectivity index (χ4n) is 1.63. The lowest BCUT2D eigenvalue weighted by atomic mass is 10.1. The molecule has 0 spiro atoms. The summed E-state index contributed by atoms with van der Waals surface area (Å²) in [7, 11) is 1.62. The van der Waals surface area contributed by atoms with Gasteiger partial charge in [-0.05, 0) is 17.5 Å². The number of rotatable bonds is 5. The third-order valence-electron chi connectivity index (χ3n) is 2.45. The van der Waals surface area contributed by atoms with Gasteiger partial charge in [0.15, 0.2) is 0 Å². The van der Waals surface area contributed by atoms with Gasteiger partial charge in [-0.2, -0.15) is 0 Å². The summed E-state index contributed by atoms with van der Waals surface area (Å²) in [5.74, 6) is 0.546. The van der Waals surface area contributed by atoms with Gasteiger partial charge < -0.3 is 14.6 Å². The van der Waals surface area contributed by atoms with Crippen LogP contribution in [0.3, 0.4) is 0 Å². The lowest BCUT2D eigenvalue weighted by Gasteiger charge is -2.09. The number of aromatic nitrogens is 1. The van der Waals surface area contributed by atoms with Crippen LogP contribution in [0.2, 0.25) is 0 Å². The summed E-state index contributed by atoms with van der Waals surface area (Å²) in [5, 5.41) is 11.1. The third-order valence-corrected chi connectivity index (χ3v) is 2.45. The molecule has 17 heavy (non-hydrogen) atoms. The van der Waals surface area contributed by atoms with Gasteiger partial charge in [-0.1, -0.05) is 18.2 Å². The van der Waals surface area contributed by atoms with E-state index in [-0.39, 0.29) is 6.61 Å². The van der Waals surface area contributed by atoms with Crippen molar-refractivity contribution in [3.05, 3.63) is 36.0 Å². The molecule has 0 aliphatic carbocycles. The lowest BCUT2D eigenvalue weighted by molar-refractivity contribution is 0.144. The third kappa shape index (κ3) is 2.72. The normalized spacial score (nSPS) is 10.7. The fourth-order valence-corrected chi connectivity index (χ4v) is 1.63. The molecule has 0 fully saturated rings. The second-order valence-corrected chi connectivity index (χ2v) is 3.64. The molecule has 2 aromatic rings. The monoisotopic (exact) mass is 233 g/mol. The van der Waals surface area contributed by atoms with Crippen LogP contribution in [0.1, 0.15) is 5.69 Å². The molecule has 0 aliphatic heterocycles. The number of aliphatic hydroxyl groups is 1. The molecule has 4 heteroatoms.